The number of nitrogens with zero attached hydrogens (tertiary/aromatic N) is 1. The molecule has 10 heteroatoms. The normalized spacial score (nSPS) is 13.2. The maximum Gasteiger partial charge on any atom is 0.573 e. The molecule has 0 aromatic heterocycles. The molecule has 3 aromatic rings. The van der Waals surface area contributed by atoms with Gasteiger partial charge in [-0.3, -0.25) is 0 Å². The van der Waals surface area contributed by atoms with E-state index in [1.54, 1.807) is 0 Å². The molecule has 4 rings (SSSR count). The van der Waals surface area contributed by atoms with Gasteiger partial charge in [-0.05, 0) is 55.0 Å². The number of ether oxygens (including phenoxy) is 2. The van der Waals surface area contributed by atoms with Gasteiger partial charge in [0.15, 0.2) is 11.5 Å². The molecule has 0 spiro atoms. The van der Waals surface area contributed by atoms with Crippen LogP contribution in [0.5, 0.6) is 17.2 Å². The van der Waals surface area contributed by atoms with Crippen molar-refractivity contribution >= 4 is 21.4 Å². The number of hydrogen-bond acceptors (Lipinski definition) is 5. The average molecular weight is 464 g/mol. The van der Waals surface area contributed by atoms with Gasteiger partial charge in [0.1, 0.15) is 5.75 Å². The zero-order chi connectivity index (χ0) is 22.8. The molecule has 0 fully saturated rings. The summed E-state index contributed by atoms with van der Waals surface area (Å²) in [6, 6.07) is 19.2. The molecule has 1 aliphatic rings. The molecule has 6 nitrogen and oxygen atoms in total. The van der Waals surface area contributed by atoms with Crippen molar-refractivity contribution in [1.82, 2.24) is 4.72 Å². The standard InChI is InChI=1S/C22H19F3N2O4S/c23-22(24,25)31-16-10-12-17(13-11-16)32(28,29)26-14-5-15-27-18-6-1-3-8-20(18)30-21-9-4-2-7-19(21)27/h1-4,6-13,26H,5,14-15H2. The van der Waals surface area contributed by atoms with Crippen molar-refractivity contribution in [3.8, 4) is 17.2 Å². The predicted molar refractivity (Wildman–Crippen MR) is 113 cm³/mol. The number of anilines is 2. The fourth-order valence-electron chi connectivity index (χ4n) is 3.37. The number of hydrogen-bond donors (Lipinski definition) is 1. The van der Waals surface area contributed by atoms with E-state index in [1.807, 2.05) is 48.5 Å². The molecule has 3 aromatic carbocycles. The van der Waals surface area contributed by atoms with Crippen molar-refractivity contribution in [2.75, 3.05) is 18.0 Å². The van der Waals surface area contributed by atoms with Crippen LogP contribution in [0.4, 0.5) is 24.5 Å². The lowest BCUT2D eigenvalue weighted by Gasteiger charge is -2.32. The smallest absolute Gasteiger partial charge is 0.453 e. The third kappa shape index (κ3) is 4.97. The second-order valence-corrected chi connectivity index (χ2v) is 8.73. The number of alkyl halides is 3. The van der Waals surface area contributed by atoms with E-state index in [0.717, 1.165) is 35.6 Å². The van der Waals surface area contributed by atoms with Crippen LogP contribution in [0.3, 0.4) is 0 Å². The molecule has 1 aliphatic heterocycles. The summed E-state index contributed by atoms with van der Waals surface area (Å²) in [5.41, 5.74) is 1.77. The second kappa shape index (κ2) is 8.71. The Labute approximate surface area is 183 Å². The van der Waals surface area contributed by atoms with Crippen LogP contribution in [0.2, 0.25) is 0 Å². The van der Waals surface area contributed by atoms with Crippen molar-refractivity contribution < 1.29 is 31.1 Å². The SMILES string of the molecule is O=S(=O)(NCCCN1c2ccccc2Oc2ccccc21)c1ccc(OC(F)(F)F)cc1. The first kappa shape index (κ1) is 22.0. The fraction of sp³-hybridized carbons (Fsp3) is 0.182. The van der Waals surface area contributed by atoms with Gasteiger partial charge in [0.25, 0.3) is 0 Å². The number of para-hydroxylation sites is 4. The number of fused-ring (bicyclic) bond motifs is 2. The van der Waals surface area contributed by atoms with Gasteiger partial charge in [0, 0.05) is 13.1 Å². The van der Waals surface area contributed by atoms with E-state index in [0.29, 0.717) is 24.5 Å². The number of sulfonamides is 1. The summed E-state index contributed by atoms with van der Waals surface area (Å²) in [4.78, 5) is 1.92. The Kier molecular flexibility index (Phi) is 5.98. The lowest BCUT2D eigenvalue weighted by atomic mass is 10.1. The molecule has 168 valence electrons. The Bertz CT molecular complexity index is 1150. The fourth-order valence-corrected chi connectivity index (χ4v) is 4.44. The highest BCUT2D eigenvalue weighted by Gasteiger charge is 2.31. The number of benzene rings is 3. The van der Waals surface area contributed by atoms with Gasteiger partial charge < -0.3 is 14.4 Å². The van der Waals surface area contributed by atoms with E-state index in [-0.39, 0.29) is 11.4 Å². The second-order valence-electron chi connectivity index (χ2n) is 6.96. The minimum absolute atomic E-state index is 0.144. The van der Waals surface area contributed by atoms with Crippen LogP contribution >= 0.6 is 0 Å². The Morgan fingerprint density at radius 2 is 1.44 bits per heavy atom. The zero-order valence-electron chi connectivity index (χ0n) is 16.7. The Morgan fingerprint density at radius 1 is 0.875 bits per heavy atom. The lowest BCUT2D eigenvalue weighted by Crippen LogP contribution is -2.29. The summed E-state index contributed by atoms with van der Waals surface area (Å²) < 4.78 is 73.9. The topological polar surface area (TPSA) is 67.9 Å². The molecule has 0 bridgehead atoms. The first-order valence-corrected chi connectivity index (χ1v) is 11.2. The van der Waals surface area contributed by atoms with Crippen molar-refractivity contribution in [2.24, 2.45) is 0 Å². The van der Waals surface area contributed by atoms with E-state index in [9.17, 15) is 21.6 Å². The predicted octanol–water partition coefficient (Wildman–Crippen LogP) is 5.20. The molecule has 0 saturated carbocycles. The van der Waals surface area contributed by atoms with Crippen molar-refractivity contribution in [1.29, 1.82) is 0 Å². The van der Waals surface area contributed by atoms with E-state index in [1.165, 1.54) is 0 Å². The molecular formula is C22H19F3N2O4S. The molecule has 0 radical (unpaired) electrons. The van der Waals surface area contributed by atoms with E-state index in [2.05, 4.69) is 14.4 Å². The third-order valence-corrected chi connectivity index (χ3v) is 6.23. The minimum Gasteiger partial charge on any atom is -0.453 e. The molecule has 0 atom stereocenters. The van der Waals surface area contributed by atoms with Crippen LogP contribution in [-0.2, 0) is 10.0 Å². The summed E-state index contributed by atoms with van der Waals surface area (Å²) >= 11 is 0. The average Bonchev–Trinajstić information content (AvgIpc) is 2.75. The summed E-state index contributed by atoms with van der Waals surface area (Å²) in [5.74, 6) is 0.946. The monoisotopic (exact) mass is 464 g/mol. The van der Waals surface area contributed by atoms with E-state index in [4.69, 9.17) is 4.74 Å². The van der Waals surface area contributed by atoms with Crippen molar-refractivity contribution in [3.05, 3.63) is 72.8 Å². The van der Waals surface area contributed by atoms with Crippen LogP contribution in [0.25, 0.3) is 0 Å². The quantitative estimate of drug-likeness (QED) is 0.487. The zero-order valence-corrected chi connectivity index (χ0v) is 17.5. The van der Waals surface area contributed by atoms with Gasteiger partial charge in [0.05, 0.1) is 16.3 Å². The molecule has 0 unspecified atom stereocenters. The van der Waals surface area contributed by atoms with E-state index < -0.39 is 22.1 Å². The van der Waals surface area contributed by atoms with Crippen molar-refractivity contribution in [2.45, 2.75) is 17.7 Å². The van der Waals surface area contributed by atoms with Crippen LogP contribution < -0.4 is 19.1 Å². The summed E-state index contributed by atoms with van der Waals surface area (Å²) in [6.45, 7) is 0.670. The molecule has 1 N–H and O–H groups in total. The van der Waals surface area contributed by atoms with Crippen LogP contribution in [0, 0.1) is 0 Å². The minimum atomic E-state index is -4.84. The van der Waals surface area contributed by atoms with Gasteiger partial charge in [0.2, 0.25) is 10.0 Å². The molecule has 0 saturated heterocycles. The Hall–Kier alpha value is -3.24. The van der Waals surface area contributed by atoms with Gasteiger partial charge in [-0.2, -0.15) is 0 Å². The molecule has 0 amide bonds. The highest BCUT2D eigenvalue weighted by molar-refractivity contribution is 7.89. The highest BCUT2D eigenvalue weighted by Crippen LogP contribution is 2.46. The first-order valence-electron chi connectivity index (χ1n) is 9.72. The van der Waals surface area contributed by atoms with Gasteiger partial charge in [-0.25, -0.2) is 13.1 Å². The van der Waals surface area contributed by atoms with Crippen LogP contribution in [0.1, 0.15) is 6.42 Å². The molecule has 0 aliphatic carbocycles. The Balaban J connectivity index is 1.39. The summed E-state index contributed by atoms with van der Waals surface area (Å²) in [6.07, 6.45) is -4.35. The van der Waals surface area contributed by atoms with Crippen LogP contribution in [-0.4, -0.2) is 27.9 Å². The molecule has 32 heavy (non-hydrogen) atoms. The molecular weight excluding hydrogens is 445 g/mol. The van der Waals surface area contributed by atoms with Gasteiger partial charge in [-0.1, -0.05) is 24.3 Å². The number of nitrogens with one attached hydrogen (secondary N) is 1. The highest BCUT2D eigenvalue weighted by atomic mass is 32.2. The maximum absolute atomic E-state index is 12.5. The number of rotatable bonds is 7. The largest absolute Gasteiger partial charge is 0.573 e. The van der Waals surface area contributed by atoms with Gasteiger partial charge in [-0.15, -0.1) is 13.2 Å². The van der Waals surface area contributed by atoms with E-state index >= 15 is 0 Å². The first-order chi connectivity index (χ1) is 15.2. The summed E-state index contributed by atoms with van der Waals surface area (Å²) in [7, 11) is -3.87. The molecule has 1 heterocycles. The maximum atomic E-state index is 12.5. The van der Waals surface area contributed by atoms with Crippen LogP contribution in [0.15, 0.2) is 77.7 Å². The summed E-state index contributed by atoms with van der Waals surface area (Å²) in [5, 5.41) is 0. The van der Waals surface area contributed by atoms with Crippen molar-refractivity contribution in [3.63, 3.8) is 0 Å². The Morgan fingerprint density at radius 3 is 2.00 bits per heavy atom. The van der Waals surface area contributed by atoms with Gasteiger partial charge >= 0.3 is 6.36 Å². The lowest BCUT2D eigenvalue weighted by molar-refractivity contribution is -0.274. The third-order valence-electron chi connectivity index (χ3n) is 4.75. The number of halogens is 3.